The van der Waals surface area contributed by atoms with Crippen LogP contribution in [0.4, 0.5) is 0 Å². The lowest BCUT2D eigenvalue weighted by Gasteiger charge is -2.34. The maximum atomic E-state index is 12.3. The number of piperazine rings is 1. The Balaban J connectivity index is 1.49. The van der Waals surface area contributed by atoms with Crippen molar-refractivity contribution < 1.29 is 9.32 Å². The average molecular weight is 299 g/mol. The topological polar surface area (TPSA) is 49.6 Å². The van der Waals surface area contributed by atoms with Gasteiger partial charge in [0.1, 0.15) is 5.76 Å². The fourth-order valence-electron chi connectivity index (χ4n) is 2.75. The standard InChI is InChI=1S/C17H21N3O2/c1-14-16(12-18-22-14)13-19-7-9-20(10-8-19)17(21)11-15-5-3-2-4-6-15/h2-6,12H,7-11,13H2,1H3. The lowest BCUT2D eigenvalue weighted by atomic mass is 10.1. The quantitative estimate of drug-likeness (QED) is 0.865. The molecule has 0 saturated carbocycles. The summed E-state index contributed by atoms with van der Waals surface area (Å²) in [6.07, 6.45) is 2.27. The first kappa shape index (κ1) is 14.8. The van der Waals surface area contributed by atoms with Gasteiger partial charge in [-0.15, -0.1) is 0 Å². The molecule has 0 spiro atoms. The molecule has 116 valence electrons. The maximum absolute atomic E-state index is 12.3. The molecule has 0 radical (unpaired) electrons. The average Bonchev–Trinajstić information content (AvgIpc) is 2.94. The van der Waals surface area contributed by atoms with Crippen LogP contribution in [-0.2, 0) is 17.8 Å². The van der Waals surface area contributed by atoms with Crippen LogP contribution in [0.1, 0.15) is 16.9 Å². The summed E-state index contributed by atoms with van der Waals surface area (Å²) in [5, 5.41) is 3.81. The van der Waals surface area contributed by atoms with Crippen molar-refractivity contribution in [2.75, 3.05) is 26.2 Å². The minimum atomic E-state index is 0.215. The summed E-state index contributed by atoms with van der Waals surface area (Å²) in [4.78, 5) is 16.6. The normalized spacial score (nSPS) is 16.0. The Hall–Kier alpha value is -2.14. The molecular formula is C17H21N3O2. The highest BCUT2D eigenvalue weighted by molar-refractivity contribution is 5.78. The SMILES string of the molecule is Cc1oncc1CN1CCN(C(=O)Cc2ccccc2)CC1. The van der Waals surface area contributed by atoms with Crippen molar-refractivity contribution in [3.63, 3.8) is 0 Å². The van der Waals surface area contributed by atoms with E-state index in [9.17, 15) is 4.79 Å². The molecule has 0 unspecified atom stereocenters. The fourth-order valence-corrected chi connectivity index (χ4v) is 2.75. The zero-order valence-corrected chi connectivity index (χ0v) is 12.9. The van der Waals surface area contributed by atoms with E-state index in [1.807, 2.05) is 42.2 Å². The van der Waals surface area contributed by atoms with Crippen molar-refractivity contribution in [3.05, 3.63) is 53.4 Å². The number of benzene rings is 1. The number of rotatable bonds is 4. The third kappa shape index (κ3) is 3.54. The first-order chi connectivity index (χ1) is 10.7. The number of nitrogens with zero attached hydrogens (tertiary/aromatic N) is 3. The molecule has 3 rings (SSSR count). The smallest absolute Gasteiger partial charge is 0.227 e. The Morgan fingerprint density at radius 2 is 1.91 bits per heavy atom. The Morgan fingerprint density at radius 1 is 1.18 bits per heavy atom. The molecule has 5 heteroatoms. The number of aryl methyl sites for hydroxylation is 1. The van der Waals surface area contributed by atoms with Gasteiger partial charge in [0.2, 0.25) is 5.91 Å². The molecule has 1 amide bonds. The molecule has 1 aliphatic heterocycles. The number of carbonyl (C=O) groups excluding carboxylic acids is 1. The second-order valence-electron chi connectivity index (χ2n) is 5.73. The Bertz CT molecular complexity index is 616. The fraction of sp³-hybridized carbons (Fsp3) is 0.412. The molecule has 1 saturated heterocycles. The predicted octanol–water partition coefficient (Wildman–Crippen LogP) is 1.87. The van der Waals surface area contributed by atoms with E-state index >= 15 is 0 Å². The second kappa shape index (κ2) is 6.75. The van der Waals surface area contributed by atoms with Crippen LogP contribution >= 0.6 is 0 Å². The van der Waals surface area contributed by atoms with Crippen LogP contribution < -0.4 is 0 Å². The van der Waals surface area contributed by atoms with E-state index < -0.39 is 0 Å². The van der Waals surface area contributed by atoms with E-state index in [1.54, 1.807) is 6.20 Å². The van der Waals surface area contributed by atoms with E-state index in [-0.39, 0.29) is 5.91 Å². The van der Waals surface area contributed by atoms with Crippen molar-refractivity contribution in [3.8, 4) is 0 Å². The molecular weight excluding hydrogens is 278 g/mol. The summed E-state index contributed by atoms with van der Waals surface area (Å²) >= 11 is 0. The van der Waals surface area contributed by atoms with Gasteiger partial charge in [0, 0.05) is 38.3 Å². The van der Waals surface area contributed by atoms with E-state index in [0.717, 1.165) is 49.6 Å². The molecule has 22 heavy (non-hydrogen) atoms. The van der Waals surface area contributed by atoms with Gasteiger partial charge in [-0.25, -0.2) is 0 Å². The lowest BCUT2D eigenvalue weighted by Crippen LogP contribution is -2.48. The Kier molecular flexibility index (Phi) is 4.53. The minimum Gasteiger partial charge on any atom is -0.361 e. The number of hydrogen-bond acceptors (Lipinski definition) is 4. The van der Waals surface area contributed by atoms with Gasteiger partial charge in [-0.05, 0) is 12.5 Å². The van der Waals surface area contributed by atoms with Crippen molar-refractivity contribution in [2.24, 2.45) is 0 Å². The molecule has 0 atom stereocenters. The second-order valence-corrected chi connectivity index (χ2v) is 5.73. The van der Waals surface area contributed by atoms with Crippen LogP contribution in [0.5, 0.6) is 0 Å². The van der Waals surface area contributed by atoms with Gasteiger partial charge in [0.15, 0.2) is 0 Å². The van der Waals surface area contributed by atoms with Gasteiger partial charge < -0.3 is 9.42 Å². The zero-order chi connectivity index (χ0) is 15.4. The van der Waals surface area contributed by atoms with E-state index in [4.69, 9.17) is 4.52 Å². The lowest BCUT2D eigenvalue weighted by molar-refractivity contribution is -0.132. The van der Waals surface area contributed by atoms with Crippen LogP contribution in [0.25, 0.3) is 0 Å². The van der Waals surface area contributed by atoms with Crippen LogP contribution in [0, 0.1) is 6.92 Å². The molecule has 2 aromatic rings. The van der Waals surface area contributed by atoms with Gasteiger partial charge in [0.25, 0.3) is 0 Å². The highest BCUT2D eigenvalue weighted by atomic mass is 16.5. The van der Waals surface area contributed by atoms with Crippen molar-refractivity contribution in [1.82, 2.24) is 15.0 Å². The summed E-state index contributed by atoms with van der Waals surface area (Å²) in [6, 6.07) is 9.93. The van der Waals surface area contributed by atoms with Gasteiger partial charge in [0.05, 0.1) is 12.6 Å². The first-order valence-electron chi connectivity index (χ1n) is 7.66. The summed E-state index contributed by atoms with van der Waals surface area (Å²) in [5.74, 6) is 1.09. The van der Waals surface area contributed by atoms with E-state index in [0.29, 0.717) is 6.42 Å². The largest absolute Gasteiger partial charge is 0.361 e. The van der Waals surface area contributed by atoms with Gasteiger partial charge in [-0.3, -0.25) is 9.69 Å². The number of aromatic nitrogens is 1. The summed E-state index contributed by atoms with van der Waals surface area (Å²) in [5.41, 5.74) is 2.21. The van der Waals surface area contributed by atoms with Crippen molar-refractivity contribution >= 4 is 5.91 Å². The number of hydrogen-bond donors (Lipinski definition) is 0. The third-order valence-corrected chi connectivity index (χ3v) is 4.17. The third-order valence-electron chi connectivity index (χ3n) is 4.17. The van der Waals surface area contributed by atoms with Crippen LogP contribution in [0.3, 0.4) is 0 Å². The van der Waals surface area contributed by atoms with Gasteiger partial charge in [-0.1, -0.05) is 35.5 Å². The van der Waals surface area contributed by atoms with E-state index in [2.05, 4.69) is 10.1 Å². The summed E-state index contributed by atoms with van der Waals surface area (Å²) in [7, 11) is 0. The van der Waals surface area contributed by atoms with Crippen LogP contribution in [-0.4, -0.2) is 47.0 Å². The predicted molar refractivity (Wildman–Crippen MR) is 83.2 cm³/mol. The summed E-state index contributed by atoms with van der Waals surface area (Å²) < 4.78 is 5.09. The Labute approximate surface area is 130 Å². The molecule has 5 nitrogen and oxygen atoms in total. The molecule has 1 aliphatic rings. The molecule has 1 aromatic heterocycles. The first-order valence-corrected chi connectivity index (χ1v) is 7.66. The zero-order valence-electron chi connectivity index (χ0n) is 12.9. The monoisotopic (exact) mass is 299 g/mol. The number of amides is 1. The van der Waals surface area contributed by atoms with E-state index in [1.165, 1.54) is 0 Å². The molecule has 2 heterocycles. The minimum absolute atomic E-state index is 0.215. The highest BCUT2D eigenvalue weighted by Crippen LogP contribution is 2.13. The van der Waals surface area contributed by atoms with Crippen molar-refractivity contribution in [2.45, 2.75) is 19.9 Å². The van der Waals surface area contributed by atoms with Crippen molar-refractivity contribution in [1.29, 1.82) is 0 Å². The molecule has 1 aromatic carbocycles. The highest BCUT2D eigenvalue weighted by Gasteiger charge is 2.21. The van der Waals surface area contributed by atoms with Crippen LogP contribution in [0.15, 0.2) is 41.1 Å². The maximum Gasteiger partial charge on any atom is 0.227 e. The van der Waals surface area contributed by atoms with Crippen LogP contribution in [0.2, 0.25) is 0 Å². The molecule has 0 N–H and O–H groups in total. The number of carbonyl (C=O) groups is 1. The molecule has 1 fully saturated rings. The van der Waals surface area contributed by atoms with Gasteiger partial charge >= 0.3 is 0 Å². The van der Waals surface area contributed by atoms with Gasteiger partial charge in [-0.2, -0.15) is 0 Å². The molecule has 0 aliphatic carbocycles. The Morgan fingerprint density at radius 3 is 2.55 bits per heavy atom. The summed E-state index contributed by atoms with van der Waals surface area (Å²) in [6.45, 7) is 6.14. The molecule has 0 bridgehead atoms.